The third-order valence-corrected chi connectivity index (χ3v) is 2.33. The maximum atomic E-state index is 11.1. The monoisotopic (exact) mass is 188 g/mol. The van der Waals surface area contributed by atoms with Crippen molar-refractivity contribution >= 4 is 11.6 Å². The van der Waals surface area contributed by atoms with Crippen LogP contribution in [0.1, 0.15) is 13.3 Å². The van der Waals surface area contributed by atoms with Gasteiger partial charge >= 0.3 is 0 Å². The number of hydrogen-bond acceptors (Lipinski definition) is 5. The van der Waals surface area contributed by atoms with Gasteiger partial charge in [-0.3, -0.25) is 9.59 Å². The topological polar surface area (TPSA) is 83.8 Å². The Morgan fingerprint density at radius 2 is 2.08 bits per heavy atom. The van der Waals surface area contributed by atoms with E-state index >= 15 is 0 Å². The number of hydrogen-bond donors (Lipinski definition) is 2. The molecule has 5 nitrogen and oxygen atoms in total. The summed E-state index contributed by atoms with van der Waals surface area (Å²) in [5.74, 6) is -1.66. The van der Waals surface area contributed by atoms with Crippen LogP contribution in [0.15, 0.2) is 0 Å². The van der Waals surface area contributed by atoms with Crippen molar-refractivity contribution in [1.29, 1.82) is 0 Å². The molecule has 3 atom stereocenters. The zero-order chi connectivity index (χ0) is 10.2. The Bertz CT molecular complexity index is 245. The highest BCUT2D eigenvalue weighted by Gasteiger charge is 2.50. The van der Waals surface area contributed by atoms with Crippen LogP contribution in [0.4, 0.5) is 0 Å². The predicted octanol–water partition coefficient (Wildman–Crippen LogP) is -1.34. The van der Waals surface area contributed by atoms with Crippen LogP contribution in [0.5, 0.6) is 0 Å². The van der Waals surface area contributed by atoms with Gasteiger partial charge < -0.3 is 14.9 Å². The molecule has 74 valence electrons. The quantitative estimate of drug-likeness (QED) is 0.497. The molecule has 0 heterocycles. The minimum Gasteiger partial charge on any atom is -0.387 e. The number of ketones is 2. The Kier molecular flexibility index (Phi) is 2.51. The molecule has 0 aromatic rings. The third-order valence-electron chi connectivity index (χ3n) is 2.33. The second kappa shape index (κ2) is 3.17. The Morgan fingerprint density at radius 1 is 1.54 bits per heavy atom. The van der Waals surface area contributed by atoms with E-state index in [4.69, 9.17) is 4.74 Å². The maximum absolute atomic E-state index is 11.1. The first-order chi connectivity index (χ1) is 5.91. The number of carbonyl (C=O) groups is 2. The molecule has 0 aromatic heterocycles. The standard InChI is InChI=1S/C8H12O5/c1-8(12)6(10)4(9)3-5(13-2)7(8)11/h5,7,11-12H,3H2,1-2H3/t5?,7-,8+/m0/s1. The average Bonchev–Trinajstić information content (AvgIpc) is 2.09. The molecule has 0 aromatic carbocycles. The van der Waals surface area contributed by atoms with E-state index in [2.05, 4.69) is 0 Å². The van der Waals surface area contributed by atoms with E-state index in [-0.39, 0.29) is 6.42 Å². The lowest BCUT2D eigenvalue weighted by Crippen LogP contribution is -2.60. The van der Waals surface area contributed by atoms with Crippen molar-refractivity contribution in [1.82, 2.24) is 0 Å². The van der Waals surface area contributed by atoms with Gasteiger partial charge in [-0.25, -0.2) is 0 Å². The number of methoxy groups -OCH3 is 1. The molecule has 1 aliphatic carbocycles. The number of carbonyl (C=O) groups excluding carboxylic acids is 2. The number of Topliss-reactive ketones (excluding diaryl/α,β-unsaturated/α-hetero) is 2. The van der Waals surface area contributed by atoms with Crippen molar-refractivity contribution in [3.05, 3.63) is 0 Å². The van der Waals surface area contributed by atoms with Crippen LogP contribution >= 0.6 is 0 Å². The number of rotatable bonds is 1. The molecule has 0 aliphatic heterocycles. The maximum Gasteiger partial charge on any atom is 0.232 e. The second-order valence-electron chi connectivity index (χ2n) is 3.32. The van der Waals surface area contributed by atoms with Crippen molar-refractivity contribution in [3.63, 3.8) is 0 Å². The summed E-state index contributed by atoms with van der Waals surface area (Å²) in [4.78, 5) is 22.1. The van der Waals surface area contributed by atoms with Crippen molar-refractivity contribution < 1.29 is 24.5 Å². The van der Waals surface area contributed by atoms with Crippen LogP contribution in [0, 0.1) is 0 Å². The minimum atomic E-state index is -2.02. The van der Waals surface area contributed by atoms with Gasteiger partial charge in [-0.2, -0.15) is 0 Å². The minimum absolute atomic E-state index is 0.174. The lowest BCUT2D eigenvalue weighted by molar-refractivity contribution is -0.177. The largest absolute Gasteiger partial charge is 0.387 e. The molecule has 0 bridgehead atoms. The number of aliphatic hydroxyl groups excluding tert-OH is 1. The van der Waals surface area contributed by atoms with E-state index in [0.717, 1.165) is 6.92 Å². The first-order valence-corrected chi connectivity index (χ1v) is 3.92. The SMILES string of the molecule is COC1CC(=O)C(=O)[C@@](C)(O)[C@H]1O. The zero-order valence-electron chi connectivity index (χ0n) is 7.48. The fourth-order valence-corrected chi connectivity index (χ4v) is 1.38. The smallest absolute Gasteiger partial charge is 0.232 e. The summed E-state index contributed by atoms with van der Waals surface area (Å²) < 4.78 is 4.77. The van der Waals surface area contributed by atoms with Gasteiger partial charge in [-0.15, -0.1) is 0 Å². The van der Waals surface area contributed by atoms with Crippen molar-refractivity contribution in [2.75, 3.05) is 7.11 Å². The van der Waals surface area contributed by atoms with Crippen molar-refractivity contribution in [2.24, 2.45) is 0 Å². The van der Waals surface area contributed by atoms with E-state index in [1.807, 2.05) is 0 Å². The van der Waals surface area contributed by atoms with Crippen LogP contribution in [-0.2, 0) is 14.3 Å². The molecule has 5 heteroatoms. The fraction of sp³-hybridized carbons (Fsp3) is 0.750. The first-order valence-electron chi connectivity index (χ1n) is 3.92. The lowest BCUT2D eigenvalue weighted by Gasteiger charge is -2.35. The average molecular weight is 188 g/mol. The van der Waals surface area contributed by atoms with Gasteiger partial charge in [0.1, 0.15) is 6.10 Å². The second-order valence-corrected chi connectivity index (χ2v) is 3.32. The molecule has 0 amide bonds. The summed E-state index contributed by atoms with van der Waals surface area (Å²) in [6.07, 6.45) is -2.32. The van der Waals surface area contributed by atoms with E-state index in [1.165, 1.54) is 7.11 Å². The van der Waals surface area contributed by atoms with Crippen molar-refractivity contribution in [3.8, 4) is 0 Å². The highest BCUT2D eigenvalue weighted by Crippen LogP contribution is 2.25. The third kappa shape index (κ3) is 1.50. The Hall–Kier alpha value is -0.780. The fourth-order valence-electron chi connectivity index (χ4n) is 1.38. The number of ether oxygens (including phenoxy) is 1. The number of aliphatic hydroxyl groups is 2. The van der Waals surface area contributed by atoms with Gasteiger partial charge in [0.25, 0.3) is 0 Å². The molecule has 0 spiro atoms. The van der Waals surface area contributed by atoms with E-state index in [9.17, 15) is 19.8 Å². The summed E-state index contributed by atoms with van der Waals surface area (Å²) in [6.45, 7) is 1.11. The molecule has 1 saturated carbocycles. The van der Waals surface area contributed by atoms with Gasteiger partial charge in [-0.1, -0.05) is 0 Å². The van der Waals surface area contributed by atoms with Crippen LogP contribution in [0.25, 0.3) is 0 Å². The first kappa shape index (κ1) is 10.3. The van der Waals surface area contributed by atoms with Crippen LogP contribution in [0.3, 0.4) is 0 Å². The van der Waals surface area contributed by atoms with Gasteiger partial charge in [0.05, 0.1) is 6.10 Å². The molecule has 2 N–H and O–H groups in total. The zero-order valence-corrected chi connectivity index (χ0v) is 7.48. The highest BCUT2D eigenvalue weighted by atomic mass is 16.5. The molecule has 1 fully saturated rings. The molecule has 1 aliphatic rings. The Labute approximate surface area is 75.3 Å². The van der Waals surface area contributed by atoms with E-state index in [1.54, 1.807) is 0 Å². The summed E-state index contributed by atoms with van der Waals surface area (Å²) in [7, 11) is 1.31. The highest BCUT2D eigenvalue weighted by molar-refractivity contribution is 6.41. The normalized spacial score (nSPS) is 40.9. The van der Waals surface area contributed by atoms with E-state index < -0.39 is 29.4 Å². The summed E-state index contributed by atoms with van der Waals surface area (Å²) >= 11 is 0. The van der Waals surface area contributed by atoms with Crippen LogP contribution in [0.2, 0.25) is 0 Å². The van der Waals surface area contributed by atoms with Crippen molar-refractivity contribution in [2.45, 2.75) is 31.2 Å². The molecule has 0 saturated heterocycles. The molecular formula is C8H12O5. The van der Waals surface area contributed by atoms with Crippen LogP contribution < -0.4 is 0 Å². The van der Waals surface area contributed by atoms with Gasteiger partial charge in [0, 0.05) is 13.5 Å². The predicted molar refractivity (Wildman–Crippen MR) is 42.1 cm³/mol. The molecule has 0 radical (unpaired) electrons. The van der Waals surface area contributed by atoms with E-state index in [0.29, 0.717) is 0 Å². The molecule has 1 unspecified atom stereocenters. The molecule has 1 rings (SSSR count). The Balaban J connectivity index is 2.95. The summed E-state index contributed by atoms with van der Waals surface area (Å²) in [5.41, 5.74) is -2.02. The van der Waals surface area contributed by atoms with Gasteiger partial charge in [-0.05, 0) is 6.92 Å². The Morgan fingerprint density at radius 3 is 2.54 bits per heavy atom. The van der Waals surface area contributed by atoms with Gasteiger partial charge in [0.2, 0.25) is 11.6 Å². The molecular weight excluding hydrogens is 176 g/mol. The summed E-state index contributed by atoms with van der Waals surface area (Å²) in [5, 5.41) is 18.9. The lowest BCUT2D eigenvalue weighted by atomic mass is 9.80. The molecule has 13 heavy (non-hydrogen) atoms. The van der Waals surface area contributed by atoms with Gasteiger partial charge in [0.15, 0.2) is 5.60 Å². The summed E-state index contributed by atoms with van der Waals surface area (Å²) in [6, 6.07) is 0. The van der Waals surface area contributed by atoms with Crippen LogP contribution in [-0.4, -0.2) is 46.7 Å².